The number of pyridine rings is 1. The number of hydrogen-bond donors (Lipinski definition) is 0. The molecule has 1 aliphatic heterocycles. The highest BCUT2D eigenvalue weighted by Gasteiger charge is 2.25. The lowest BCUT2D eigenvalue weighted by Crippen LogP contribution is -2.36. The van der Waals surface area contributed by atoms with Gasteiger partial charge in [0.2, 0.25) is 0 Å². The summed E-state index contributed by atoms with van der Waals surface area (Å²) in [5.41, 5.74) is 2.88. The summed E-state index contributed by atoms with van der Waals surface area (Å²) < 4.78 is 5.77. The molecule has 3 aromatic rings. The maximum Gasteiger partial charge on any atom is 0.266 e. The van der Waals surface area contributed by atoms with Gasteiger partial charge in [-0.3, -0.25) is 14.7 Å². The summed E-state index contributed by atoms with van der Waals surface area (Å²) in [6.07, 6.45) is 7.66. The number of nitrogens with zero attached hydrogens (tertiary/aromatic N) is 5. The second-order valence-electron chi connectivity index (χ2n) is 6.28. The molecule has 0 bridgehead atoms. The van der Waals surface area contributed by atoms with Crippen molar-refractivity contribution < 1.29 is 0 Å². The van der Waals surface area contributed by atoms with E-state index in [9.17, 15) is 4.79 Å². The second kappa shape index (κ2) is 7.25. The molecule has 0 saturated carbocycles. The fourth-order valence-electron chi connectivity index (χ4n) is 3.30. The third-order valence-electron chi connectivity index (χ3n) is 4.58. The molecule has 25 heavy (non-hydrogen) atoms. The van der Waals surface area contributed by atoms with Crippen LogP contribution < -0.4 is 5.56 Å². The monoisotopic (exact) mass is 353 g/mol. The lowest BCUT2D eigenvalue weighted by Gasteiger charge is -2.24. The van der Waals surface area contributed by atoms with Gasteiger partial charge in [0, 0.05) is 48.2 Å². The Morgan fingerprint density at radius 3 is 3.00 bits per heavy atom. The van der Waals surface area contributed by atoms with Crippen molar-refractivity contribution in [1.82, 2.24) is 24.0 Å². The zero-order chi connectivity index (χ0) is 17.1. The second-order valence-corrected chi connectivity index (χ2v) is 6.94. The molecule has 4 rings (SSSR count). The summed E-state index contributed by atoms with van der Waals surface area (Å²) >= 11 is 1.48. The van der Waals surface area contributed by atoms with Crippen LogP contribution in [-0.2, 0) is 13.1 Å². The molecule has 6 nitrogen and oxygen atoms in total. The van der Waals surface area contributed by atoms with Crippen LogP contribution in [0.15, 0.2) is 53.0 Å². The van der Waals surface area contributed by atoms with Crippen LogP contribution in [0.1, 0.15) is 18.4 Å². The molecule has 0 aromatic carbocycles. The van der Waals surface area contributed by atoms with Gasteiger partial charge in [-0.05, 0) is 54.7 Å². The van der Waals surface area contributed by atoms with Gasteiger partial charge in [-0.15, -0.1) is 0 Å². The van der Waals surface area contributed by atoms with E-state index in [1.165, 1.54) is 17.1 Å². The number of hydrogen-bond acceptors (Lipinski definition) is 6. The van der Waals surface area contributed by atoms with Crippen LogP contribution in [0.5, 0.6) is 0 Å². The summed E-state index contributed by atoms with van der Waals surface area (Å²) in [5, 5.41) is 6.65. The third-order valence-corrected chi connectivity index (χ3v) is 5.21. The Morgan fingerprint density at radius 2 is 2.20 bits per heavy atom. The zero-order valence-corrected chi connectivity index (χ0v) is 14.6. The van der Waals surface area contributed by atoms with E-state index in [0.29, 0.717) is 12.6 Å². The van der Waals surface area contributed by atoms with Crippen molar-refractivity contribution in [2.24, 2.45) is 0 Å². The Hall–Kier alpha value is -2.38. The molecular weight excluding hydrogens is 334 g/mol. The molecule has 0 spiro atoms. The van der Waals surface area contributed by atoms with E-state index in [1.807, 2.05) is 18.3 Å². The average molecular weight is 353 g/mol. The van der Waals surface area contributed by atoms with Gasteiger partial charge in [0.1, 0.15) is 0 Å². The van der Waals surface area contributed by atoms with Gasteiger partial charge in [-0.2, -0.15) is 5.10 Å². The van der Waals surface area contributed by atoms with Crippen molar-refractivity contribution in [3.05, 3.63) is 64.2 Å². The Bertz CT molecular complexity index is 878. The molecule has 1 fully saturated rings. The standard InChI is InChI=1S/C18H19N5OS/c24-18-6-5-17(15-3-1-7-19-10-15)21-23(18)12-16-4-2-8-22(16)11-14-9-20-25-13-14/h1,3,5-7,9-10,13,16H,2,4,8,11-12H2. The minimum atomic E-state index is -0.0586. The number of rotatable bonds is 5. The summed E-state index contributed by atoms with van der Waals surface area (Å²) in [6, 6.07) is 7.51. The van der Waals surface area contributed by atoms with E-state index in [-0.39, 0.29) is 5.56 Å². The minimum Gasteiger partial charge on any atom is -0.294 e. The first-order valence-corrected chi connectivity index (χ1v) is 9.24. The van der Waals surface area contributed by atoms with Crippen molar-refractivity contribution >= 4 is 11.5 Å². The topological polar surface area (TPSA) is 63.9 Å². The van der Waals surface area contributed by atoms with Crippen LogP contribution in [0, 0.1) is 0 Å². The van der Waals surface area contributed by atoms with Crippen LogP contribution in [0.25, 0.3) is 11.3 Å². The van der Waals surface area contributed by atoms with E-state index in [4.69, 9.17) is 0 Å². The molecule has 1 aliphatic rings. The predicted octanol–water partition coefficient (Wildman–Crippen LogP) is 2.43. The highest BCUT2D eigenvalue weighted by Crippen LogP contribution is 2.21. The van der Waals surface area contributed by atoms with Crippen LogP contribution in [0.3, 0.4) is 0 Å². The molecule has 7 heteroatoms. The van der Waals surface area contributed by atoms with Gasteiger partial charge in [-0.1, -0.05) is 0 Å². The van der Waals surface area contributed by atoms with Crippen molar-refractivity contribution in [3.8, 4) is 11.3 Å². The first-order chi connectivity index (χ1) is 12.3. The SMILES string of the molecule is O=c1ccc(-c2cccnc2)nn1CC1CCCN1Cc1cnsc1. The highest BCUT2D eigenvalue weighted by atomic mass is 32.1. The fourth-order valence-corrected chi connectivity index (χ4v) is 3.82. The first kappa shape index (κ1) is 16.1. The lowest BCUT2D eigenvalue weighted by molar-refractivity contribution is 0.217. The van der Waals surface area contributed by atoms with Crippen molar-refractivity contribution in [3.63, 3.8) is 0 Å². The molecule has 1 unspecified atom stereocenters. The molecule has 128 valence electrons. The van der Waals surface area contributed by atoms with E-state index in [0.717, 1.165) is 37.2 Å². The van der Waals surface area contributed by atoms with Crippen LogP contribution in [0.4, 0.5) is 0 Å². The van der Waals surface area contributed by atoms with Crippen LogP contribution >= 0.6 is 11.5 Å². The molecule has 1 atom stereocenters. The van der Waals surface area contributed by atoms with Gasteiger partial charge in [0.05, 0.1) is 12.2 Å². The molecule has 0 radical (unpaired) electrons. The van der Waals surface area contributed by atoms with E-state index in [1.54, 1.807) is 29.2 Å². The van der Waals surface area contributed by atoms with Gasteiger partial charge in [0.25, 0.3) is 5.56 Å². The third kappa shape index (κ3) is 3.67. The van der Waals surface area contributed by atoms with Crippen molar-refractivity contribution in [2.45, 2.75) is 32.0 Å². The smallest absolute Gasteiger partial charge is 0.266 e. The minimum absolute atomic E-state index is 0.0586. The Labute approximate surface area is 149 Å². The Balaban J connectivity index is 1.54. The summed E-state index contributed by atoms with van der Waals surface area (Å²) in [7, 11) is 0. The number of aromatic nitrogens is 4. The predicted molar refractivity (Wildman–Crippen MR) is 97.3 cm³/mol. The average Bonchev–Trinajstić information content (AvgIpc) is 3.31. The van der Waals surface area contributed by atoms with Gasteiger partial charge in [-0.25, -0.2) is 9.06 Å². The van der Waals surface area contributed by atoms with Crippen LogP contribution in [0.2, 0.25) is 0 Å². The van der Waals surface area contributed by atoms with E-state index in [2.05, 4.69) is 24.7 Å². The normalized spacial score (nSPS) is 17.8. The molecule has 0 aliphatic carbocycles. The summed E-state index contributed by atoms with van der Waals surface area (Å²) in [6.45, 7) is 2.56. The zero-order valence-electron chi connectivity index (χ0n) is 13.8. The number of likely N-dealkylation sites (tertiary alicyclic amines) is 1. The Kier molecular flexibility index (Phi) is 4.67. The quantitative estimate of drug-likeness (QED) is 0.705. The molecule has 0 amide bonds. The van der Waals surface area contributed by atoms with Crippen molar-refractivity contribution in [1.29, 1.82) is 0 Å². The summed E-state index contributed by atoms with van der Waals surface area (Å²) in [5.74, 6) is 0. The van der Waals surface area contributed by atoms with E-state index < -0.39 is 0 Å². The largest absolute Gasteiger partial charge is 0.294 e. The molecule has 3 aromatic heterocycles. The molecule has 0 N–H and O–H groups in total. The summed E-state index contributed by atoms with van der Waals surface area (Å²) in [4.78, 5) is 18.8. The lowest BCUT2D eigenvalue weighted by atomic mass is 10.2. The van der Waals surface area contributed by atoms with Gasteiger partial charge in [0.15, 0.2) is 0 Å². The molecular formula is C18H19N5OS. The van der Waals surface area contributed by atoms with E-state index >= 15 is 0 Å². The highest BCUT2D eigenvalue weighted by molar-refractivity contribution is 7.03. The Morgan fingerprint density at radius 1 is 1.24 bits per heavy atom. The van der Waals surface area contributed by atoms with Gasteiger partial charge >= 0.3 is 0 Å². The van der Waals surface area contributed by atoms with Gasteiger partial charge < -0.3 is 0 Å². The molecule has 1 saturated heterocycles. The maximum absolute atomic E-state index is 12.3. The van der Waals surface area contributed by atoms with Crippen molar-refractivity contribution in [2.75, 3.05) is 6.54 Å². The molecule has 4 heterocycles. The maximum atomic E-state index is 12.3. The van der Waals surface area contributed by atoms with Crippen LogP contribution in [-0.4, -0.2) is 36.6 Å². The fraction of sp³-hybridized carbons (Fsp3) is 0.333. The first-order valence-electron chi connectivity index (χ1n) is 8.40.